The van der Waals surface area contributed by atoms with Gasteiger partial charge in [0.1, 0.15) is 13.6 Å². The molecule has 0 saturated carbocycles. The van der Waals surface area contributed by atoms with Crippen molar-refractivity contribution in [3.63, 3.8) is 0 Å². The van der Waals surface area contributed by atoms with Gasteiger partial charge >= 0.3 is 5.97 Å². The van der Waals surface area contributed by atoms with Crippen LogP contribution in [0.5, 0.6) is 5.75 Å². The SMILES string of the molecule is Bc1ccccc1/C=C/c1cc(Cl)ccc1OC(C)=O. The summed E-state index contributed by atoms with van der Waals surface area (Å²) in [5, 5.41) is 0.602. The molecule has 0 bridgehead atoms. The summed E-state index contributed by atoms with van der Waals surface area (Å²) in [7, 11) is 2.05. The molecule has 0 aromatic heterocycles. The van der Waals surface area contributed by atoms with Gasteiger partial charge in [0.05, 0.1) is 0 Å². The van der Waals surface area contributed by atoms with Gasteiger partial charge in [-0.15, -0.1) is 0 Å². The lowest BCUT2D eigenvalue weighted by Crippen LogP contribution is -2.05. The van der Waals surface area contributed by atoms with Gasteiger partial charge in [-0.05, 0) is 23.8 Å². The summed E-state index contributed by atoms with van der Waals surface area (Å²) in [5.41, 5.74) is 3.07. The second-order valence-electron chi connectivity index (χ2n) is 4.47. The molecule has 0 N–H and O–H groups in total. The smallest absolute Gasteiger partial charge is 0.308 e. The summed E-state index contributed by atoms with van der Waals surface area (Å²) < 4.78 is 5.17. The summed E-state index contributed by atoms with van der Waals surface area (Å²) in [4.78, 5) is 11.1. The first-order chi connectivity index (χ1) is 9.56. The van der Waals surface area contributed by atoms with Gasteiger partial charge in [0, 0.05) is 17.5 Å². The van der Waals surface area contributed by atoms with Crippen LogP contribution in [-0.4, -0.2) is 13.8 Å². The summed E-state index contributed by atoms with van der Waals surface area (Å²) in [6.07, 6.45) is 3.88. The zero-order valence-electron chi connectivity index (χ0n) is 11.4. The molecule has 0 radical (unpaired) electrons. The maximum absolute atomic E-state index is 11.1. The number of benzene rings is 2. The van der Waals surface area contributed by atoms with E-state index in [1.807, 2.05) is 44.3 Å². The Morgan fingerprint density at radius 2 is 1.85 bits per heavy atom. The average molecular weight is 285 g/mol. The van der Waals surface area contributed by atoms with Crippen molar-refractivity contribution in [3.05, 3.63) is 58.6 Å². The maximum Gasteiger partial charge on any atom is 0.308 e. The molecule has 0 amide bonds. The van der Waals surface area contributed by atoms with Gasteiger partial charge in [0.2, 0.25) is 0 Å². The van der Waals surface area contributed by atoms with E-state index in [0.29, 0.717) is 10.8 Å². The number of hydrogen-bond donors (Lipinski definition) is 0. The third kappa shape index (κ3) is 3.75. The van der Waals surface area contributed by atoms with Crippen LogP contribution >= 0.6 is 11.6 Å². The van der Waals surface area contributed by atoms with Crippen LogP contribution in [0.4, 0.5) is 0 Å². The van der Waals surface area contributed by atoms with Crippen molar-refractivity contribution in [2.24, 2.45) is 0 Å². The highest BCUT2D eigenvalue weighted by Gasteiger charge is 2.04. The zero-order valence-corrected chi connectivity index (χ0v) is 12.1. The Labute approximate surface area is 124 Å². The van der Waals surface area contributed by atoms with Crippen LogP contribution in [0.25, 0.3) is 12.2 Å². The van der Waals surface area contributed by atoms with Crippen LogP contribution in [0, 0.1) is 0 Å². The van der Waals surface area contributed by atoms with E-state index >= 15 is 0 Å². The molecular weight excluding hydrogens is 270 g/mol. The molecule has 0 aliphatic rings. The van der Waals surface area contributed by atoms with Crippen molar-refractivity contribution >= 4 is 43.0 Å². The van der Waals surface area contributed by atoms with Gasteiger partial charge in [0.15, 0.2) is 0 Å². The number of esters is 1. The first-order valence-electron chi connectivity index (χ1n) is 6.28. The summed E-state index contributed by atoms with van der Waals surface area (Å²) in [6.45, 7) is 1.38. The first-order valence-corrected chi connectivity index (χ1v) is 6.66. The van der Waals surface area contributed by atoms with E-state index in [0.717, 1.165) is 11.1 Å². The van der Waals surface area contributed by atoms with Gasteiger partial charge in [0.25, 0.3) is 0 Å². The molecule has 0 aliphatic heterocycles. The predicted molar refractivity (Wildman–Crippen MR) is 86.3 cm³/mol. The van der Waals surface area contributed by atoms with Crippen LogP contribution in [0.15, 0.2) is 42.5 Å². The lowest BCUT2D eigenvalue weighted by molar-refractivity contribution is -0.131. The van der Waals surface area contributed by atoms with Crippen LogP contribution < -0.4 is 10.2 Å². The minimum absolute atomic E-state index is 0.349. The molecule has 2 nitrogen and oxygen atoms in total. The number of rotatable bonds is 3. The molecule has 0 heterocycles. The van der Waals surface area contributed by atoms with Crippen LogP contribution in [-0.2, 0) is 4.79 Å². The molecule has 0 spiro atoms. The van der Waals surface area contributed by atoms with Crippen LogP contribution in [0.2, 0.25) is 5.02 Å². The Hall–Kier alpha value is -2.00. The quantitative estimate of drug-likeness (QED) is 0.375. The van der Waals surface area contributed by atoms with E-state index in [1.165, 1.54) is 12.4 Å². The second kappa shape index (κ2) is 6.44. The fourth-order valence-electron chi connectivity index (χ4n) is 1.85. The van der Waals surface area contributed by atoms with E-state index < -0.39 is 0 Å². The Morgan fingerprint density at radius 1 is 1.15 bits per heavy atom. The lowest BCUT2D eigenvalue weighted by atomic mass is 9.90. The molecule has 0 unspecified atom stereocenters. The lowest BCUT2D eigenvalue weighted by Gasteiger charge is -2.06. The number of hydrogen-bond acceptors (Lipinski definition) is 2. The number of halogens is 1. The zero-order chi connectivity index (χ0) is 14.5. The third-order valence-electron chi connectivity index (χ3n) is 2.86. The maximum atomic E-state index is 11.1. The van der Waals surface area contributed by atoms with E-state index in [2.05, 4.69) is 0 Å². The molecule has 4 heteroatoms. The van der Waals surface area contributed by atoms with Crippen molar-refractivity contribution < 1.29 is 9.53 Å². The number of carbonyl (C=O) groups excluding carboxylic acids is 1. The van der Waals surface area contributed by atoms with Gasteiger partial charge < -0.3 is 4.74 Å². The largest absolute Gasteiger partial charge is 0.426 e. The summed E-state index contributed by atoms with van der Waals surface area (Å²) >= 11 is 5.99. The highest BCUT2D eigenvalue weighted by atomic mass is 35.5. The van der Waals surface area contributed by atoms with E-state index in [1.54, 1.807) is 18.2 Å². The summed E-state index contributed by atoms with van der Waals surface area (Å²) in [6, 6.07) is 13.2. The molecule has 0 fully saturated rings. The van der Waals surface area contributed by atoms with Crippen LogP contribution in [0.1, 0.15) is 18.1 Å². The summed E-state index contributed by atoms with van der Waals surface area (Å²) in [5.74, 6) is 0.157. The molecule has 0 aliphatic carbocycles. The molecule has 2 aromatic rings. The van der Waals surface area contributed by atoms with Gasteiger partial charge in [-0.1, -0.05) is 53.5 Å². The Bertz CT molecular complexity index is 665. The van der Waals surface area contributed by atoms with Crippen molar-refractivity contribution in [2.45, 2.75) is 6.92 Å². The fourth-order valence-corrected chi connectivity index (χ4v) is 2.03. The topological polar surface area (TPSA) is 26.3 Å². The van der Waals surface area contributed by atoms with E-state index in [-0.39, 0.29) is 5.97 Å². The first kappa shape index (κ1) is 14.4. The second-order valence-corrected chi connectivity index (χ2v) is 4.90. The van der Waals surface area contributed by atoms with Crippen LogP contribution in [0.3, 0.4) is 0 Å². The van der Waals surface area contributed by atoms with Crippen molar-refractivity contribution in [2.75, 3.05) is 0 Å². The van der Waals surface area contributed by atoms with Crippen molar-refractivity contribution in [1.29, 1.82) is 0 Å². The van der Waals surface area contributed by atoms with Crippen molar-refractivity contribution in [1.82, 2.24) is 0 Å². The predicted octanol–water partition coefficient (Wildman–Crippen LogP) is 2.69. The highest BCUT2D eigenvalue weighted by Crippen LogP contribution is 2.25. The van der Waals surface area contributed by atoms with E-state index in [4.69, 9.17) is 16.3 Å². The number of carbonyl (C=O) groups is 1. The molecule has 2 aromatic carbocycles. The van der Waals surface area contributed by atoms with Crippen molar-refractivity contribution in [3.8, 4) is 5.75 Å². The molecule has 20 heavy (non-hydrogen) atoms. The molecule has 0 saturated heterocycles. The minimum atomic E-state index is -0.349. The Kier molecular flexibility index (Phi) is 4.64. The number of ether oxygens (including phenoxy) is 1. The fraction of sp³-hybridized carbons (Fsp3) is 0.0625. The molecular formula is C16H14BClO2. The van der Waals surface area contributed by atoms with Gasteiger partial charge in [-0.2, -0.15) is 0 Å². The average Bonchev–Trinajstić information content (AvgIpc) is 2.40. The van der Waals surface area contributed by atoms with Gasteiger partial charge in [-0.3, -0.25) is 4.79 Å². The van der Waals surface area contributed by atoms with E-state index in [9.17, 15) is 4.79 Å². The highest BCUT2D eigenvalue weighted by molar-refractivity contribution is 6.34. The third-order valence-corrected chi connectivity index (χ3v) is 3.09. The standard InChI is InChI=1S/C16H14BClO2/c1-11(19)20-16-9-8-14(18)10-13(16)7-6-12-4-2-3-5-15(12)17/h2-10H,17H2,1H3/b7-6+. The molecule has 100 valence electrons. The Morgan fingerprint density at radius 3 is 2.55 bits per heavy atom. The molecule has 0 atom stereocenters. The monoisotopic (exact) mass is 284 g/mol. The Balaban J connectivity index is 2.35. The normalized spacial score (nSPS) is 10.7. The minimum Gasteiger partial charge on any atom is -0.426 e. The van der Waals surface area contributed by atoms with Gasteiger partial charge in [-0.25, -0.2) is 0 Å². The molecule has 2 rings (SSSR count).